The zero-order valence-electron chi connectivity index (χ0n) is 12.4. The number of aryl methyl sites for hydroxylation is 2. The maximum atomic E-state index is 6.29. The summed E-state index contributed by atoms with van der Waals surface area (Å²) in [4.78, 5) is 2.13. The van der Waals surface area contributed by atoms with E-state index >= 15 is 0 Å². The first kappa shape index (κ1) is 14.7. The Kier molecular flexibility index (Phi) is 4.23. The topological polar surface area (TPSA) is 47.1 Å². The van der Waals surface area contributed by atoms with Gasteiger partial charge in [0.1, 0.15) is 0 Å². The molecule has 1 heterocycles. The van der Waals surface area contributed by atoms with Gasteiger partial charge in [0.15, 0.2) is 5.82 Å². The largest absolute Gasteiger partial charge is 0.394 e. The minimum absolute atomic E-state index is 0.118. The molecular weight excluding hydrogens is 272 g/mol. The Balaban J connectivity index is 2.41. The maximum absolute atomic E-state index is 6.29. The van der Waals surface area contributed by atoms with E-state index in [9.17, 15) is 0 Å². The standard InChI is InChI=1S/C15H21ClN4/c1-5-20-15(14(17)10(2)18-20)19(4)11(3)12-8-6-7-9-13(12)16/h6-9,11H,5,17H2,1-4H3. The van der Waals surface area contributed by atoms with Crippen molar-refractivity contribution in [3.05, 3.63) is 40.5 Å². The van der Waals surface area contributed by atoms with Crippen molar-refractivity contribution in [3.8, 4) is 0 Å². The van der Waals surface area contributed by atoms with Crippen LogP contribution in [0.1, 0.15) is 31.1 Å². The van der Waals surface area contributed by atoms with Crippen LogP contribution in [0.5, 0.6) is 0 Å². The van der Waals surface area contributed by atoms with E-state index in [1.165, 1.54) is 0 Å². The van der Waals surface area contributed by atoms with Crippen LogP contribution in [0.2, 0.25) is 5.02 Å². The van der Waals surface area contributed by atoms with Gasteiger partial charge in [-0.1, -0.05) is 29.8 Å². The Bertz CT molecular complexity index is 606. The highest BCUT2D eigenvalue weighted by molar-refractivity contribution is 6.31. The zero-order chi connectivity index (χ0) is 14.9. The molecule has 0 amide bonds. The van der Waals surface area contributed by atoms with E-state index in [1.54, 1.807) is 0 Å². The molecule has 0 saturated carbocycles. The highest BCUT2D eigenvalue weighted by atomic mass is 35.5. The number of benzene rings is 1. The van der Waals surface area contributed by atoms with Gasteiger partial charge >= 0.3 is 0 Å². The fourth-order valence-electron chi connectivity index (χ4n) is 2.38. The zero-order valence-corrected chi connectivity index (χ0v) is 13.1. The van der Waals surface area contributed by atoms with E-state index in [0.29, 0.717) is 0 Å². The molecule has 0 aliphatic carbocycles. The number of nitrogens with zero attached hydrogens (tertiary/aromatic N) is 3. The van der Waals surface area contributed by atoms with Gasteiger partial charge in [-0.05, 0) is 32.4 Å². The SMILES string of the molecule is CCn1nc(C)c(N)c1N(C)C(C)c1ccccc1Cl. The van der Waals surface area contributed by atoms with Crippen molar-refractivity contribution < 1.29 is 0 Å². The molecule has 2 rings (SSSR count). The van der Waals surface area contributed by atoms with Crippen molar-refractivity contribution in [2.45, 2.75) is 33.4 Å². The van der Waals surface area contributed by atoms with Crippen molar-refractivity contribution in [1.29, 1.82) is 0 Å². The molecule has 0 aliphatic rings. The van der Waals surface area contributed by atoms with Crippen molar-refractivity contribution in [2.75, 3.05) is 17.7 Å². The smallest absolute Gasteiger partial charge is 0.150 e. The van der Waals surface area contributed by atoms with Gasteiger partial charge in [-0.15, -0.1) is 0 Å². The van der Waals surface area contributed by atoms with Crippen LogP contribution in [-0.2, 0) is 6.54 Å². The molecule has 0 spiro atoms. The summed E-state index contributed by atoms with van der Waals surface area (Å²) in [5.74, 6) is 0.942. The maximum Gasteiger partial charge on any atom is 0.150 e. The second-order valence-electron chi connectivity index (χ2n) is 4.95. The van der Waals surface area contributed by atoms with Gasteiger partial charge in [0.25, 0.3) is 0 Å². The minimum atomic E-state index is 0.118. The summed E-state index contributed by atoms with van der Waals surface area (Å²) in [5, 5.41) is 5.23. The third-order valence-corrected chi connectivity index (χ3v) is 4.06. The average molecular weight is 293 g/mol. The molecule has 1 aromatic heterocycles. The van der Waals surface area contributed by atoms with Gasteiger partial charge < -0.3 is 10.6 Å². The molecule has 2 N–H and O–H groups in total. The number of hydrogen-bond donors (Lipinski definition) is 1. The molecule has 0 aliphatic heterocycles. The average Bonchev–Trinajstić information content (AvgIpc) is 2.73. The van der Waals surface area contributed by atoms with Gasteiger partial charge in [0, 0.05) is 18.6 Å². The molecule has 0 saturated heterocycles. The van der Waals surface area contributed by atoms with Crippen molar-refractivity contribution in [1.82, 2.24) is 9.78 Å². The van der Waals surface area contributed by atoms with E-state index in [2.05, 4.69) is 23.8 Å². The summed E-state index contributed by atoms with van der Waals surface area (Å²) in [6.45, 7) is 6.89. The summed E-state index contributed by atoms with van der Waals surface area (Å²) >= 11 is 6.29. The minimum Gasteiger partial charge on any atom is -0.394 e. The van der Waals surface area contributed by atoms with Crippen LogP contribution in [0.4, 0.5) is 11.5 Å². The van der Waals surface area contributed by atoms with Crippen LogP contribution in [-0.4, -0.2) is 16.8 Å². The highest BCUT2D eigenvalue weighted by Gasteiger charge is 2.21. The monoisotopic (exact) mass is 292 g/mol. The van der Waals surface area contributed by atoms with Crippen LogP contribution < -0.4 is 10.6 Å². The van der Waals surface area contributed by atoms with E-state index in [4.69, 9.17) is 17.3 Å². The molecule has 2 aromatic rings. The Labute approximate surface area is 125 Å². The van der Waals surface area contributed by atoms with Crippen LogP contribution in [0.25, 0.3) is 0 Å². The van der Waals surface area contributed by atoms with Crippen molar-refractivity contribution in [2.24, 2.45) is 0 Å². The van der Waals surface area contributed by atoms with Gasteiger partial charge in [-0.3, -0.25) is 0 Å². The second kappa shape index (κ2) is 5.75. The van der Waals surface area contributed by atoms with Crippen molar-refractivity contribution >= 4 is 23.1 Å². The lowest BCUT2D eigenvalue weighted by Crippen LogP contribution is -2.25. The molecule has 5 heteroatoms. The number of anilines is 2. The summed E-state index contributed by atoms with van der Waals surface area (Å²) in [5.41, 5.74) is 8.85. The Hall–Kier alpha value is -1.68. The number of nitrogens with two attached hydrogens (primary N) is 1. The first-order chi connectivity index (χ1) is 9.47. The molecule has 0 bridgehead atoms. The fourth-order valence-corrected chi connectivity index (χ4v) is 2.68. The summed E-state index contributed by atoms with van der Waals surface area (Å²) in [6, 6.07) is 8.00. The quantitative estimate of drug-likeness (QED) is 0.936. The molecule has 0 fully saturated rings. The lowest BCUT2D eigenvalue weighted by molar-refractivity contribution is 0.619. The van der Waals surface area contributed by atoms with Gasteiger partial charge in [0.05, 0.1) is 17.4 Å². The van der Waals surface area contributed by atoms with E-state index < -0.39 is 0 Å². The lowest BCUT2D eigenvalue weighted by Gasteiger charge is -2.28. The molecule has 4 nitrogen and oxygen atoms in total. The molecule has 108 valence electrons. The predicted molar refractivity (Wildman–Crippen MR) is 85.3 cm³/mol. The Morgan fingerprint density at radius 2 is 2.05 bits per heavy atom. The van der Waals surface area contributed by atoms with Crippen LogP contribution in [0.15, 0.2) is 24.3 Å². The first-order valence-corrected chi connectivity index (χ1v) is 7.15. The second-order valence-corrected chi connectivity index (χ2v) is 5.35. The lowest BCUT2D eigenvalue weighted by atomic mass is 10.1. The van der Waals surface area contributed by atoms with Gasteiger partial charge in [-0.2, -0.15) is 5.10 Å². The third kappa shape index (κ3) is 2.48. The fraction of sp³-hybridized carbons (Fsp3) is 0.400. The normalized spacial score (nSPS) is 12.4. The third-order valence-electron chi connectivity index (χ3n) is 3.72. The van der Waals surface area contributed by atoms with Crippen LogP contribution in [0.3, 0.4) is 0 Å². The molecule has 0 radical (unpaired) electrons. The van der Waals surface area contributed by atoms with Crippen LogP contribution in [0, 0.1) is 6.92 Å². The van der Waals surface area contributed by atoms with E-state index in [0.717, 1.165) is 34.3 Å². The van der Waals surface area contributed by atoms with E-state index in [-0.39, 0.29) is 6.04 Å². The summed E-state index contributed by atoms with van der Waals surface area (Å²) < 4.78 is 1.93. The van der Waals surface area contributed by atoms with Gasteiger partial charge in [-0.25, -0.2) is 4.68 Å². The Morgan fingerprint density at radius 3 is 2.65 bits per heavy atom. The molecular formula is C15H21ClN4. The molecule has 1 aromatic carbocycles. The first-order valence-electron chi connectivity index (χ1n) is 6.77. The van der Waals surface area contributed by atoms with E-state index in [1.807, 2.05) is 42.9 Å². The summed E-state index contributed by atoms with van der Waals surface area (Å²) in [6.07, 6.45) is 0. The molecule has 1 unspecified atom stereocenters. The number of aromatic nitrogens is 2. The number of rotatable bonds is 4. The predicted octanol–water partition coefficient (Wildman–Crippen LogP) is 3.64. The number of nitrogen functional groups attached to an aromatic ring is 1. The highest BCUT2D eigenvalue weighted by Crippen LogP contribution is 2.34. The van der Waals surface area contributed by atoms with Crippen LogP contribution >= 0.6 is 11.6 Å². The molecule has 1 atom stereocenters. The number of halogens is 1. The van der Waals surface area contributed by atoms with Crippen molar-refractivity contribution in [3.63, 3.8) is 0 Å². The van der Waals surface area contributed by atoms with Gasteiger partial charge in [0.2, 0.25) is 0 Å². The number of hydrogen-bond acceptors (Lipinski definition) is 3. The Morgan fingerprint density at radius 1 is 1.40 bits per heavy atom. The molecule has 20 heavy (non-hydrogen) atoms. The summed E-state index contributed by atoms with van der Waals surface area (Å²) in [7, 11) is 2.02.